The second kappa shape index (κ2) is 4.70. The van der Waals surface area contributed by atoms with E-state index >= 15 is 0 Å². The summed E-state index contributed by atoms with van der Waals surface area (Å²) >= 11 is 3.03. The molecule has 1 rings (SSSR count). The fourth-order valence-corrected chi connectivity index (χ4v) is 1.33. The highest BCUT2D eigenvalue weighted by Crippen LogP contribution is 2.25. The minimum Gasteiger partial charge on any atom is -0.478 e. The summed E-state index contributed by atoms with van der Waals surface area (Å²) < 4.78 is 0.361. The molecule has 0 atom stereocenters. The zero-order chi connectivity index (χ0) is 11.4. The third-order valence-electron chi connectivity index (χ3n) is 1.59. The Kier molecular flexibility index (Phi) is 3.56. The summed E-state index contributed by atoms with van der Waals surface area (Å²) in [6.45, 7) is 0. The highest BCUT2D eigenvalue weighted by Gasteiger charge is 2.10. The molecular weight excluding hydrogens is 266 g/mol. The Labute approximate surface area is 93.3 Å². The van der Waals surface area contributed by atoms with Crippen LogP contribution in [0, 0.1) is 10.1 Å². The molecule has 0 aliphatic rings. The van der Waals surface area contributed by atoms with Crippen LogP contribution in [0.15, 0.2) is 28.7 Å². The standard InChI is InChI=1S/C9H6BrNO4/c10-7-3-1-6(2-4-9(12)13)5-8(7)11(14)15/h1-5H,(H,12,13)/b4-2+. The number of carboxylic acid groups (broad SMARTS) is 1. The summed E-state index contributed by atoms with van der Waals surface area (Å²) in [5, 5.41) is 18.9. The lowest BCUT2D eigenvalue weighted by Crippen LogP contribution is -1.90. The van der Waals surface area contributed by atoms with Crippen LogP contribution < -0.4 is 0 Å². The third-order valence-corrected chi connectivity index (χ3v) is 2.26. The number of nitro groups is 1. The highest BCUT2D eigenvalue weighted by molar-refractivity contribution is 9.10. The molecule has 0 aromatic heterocycles. The number of carbonyl (C=O) groups is 1. The van der Waals surface area contributed by atoms with Gasteiger partial charge >= 0.3 is 5.97 Å². The number of halogens is 1. The minimum atomic E-state index is -1.10. The Balaban J connectivity index is 3.08. The topological polar surface area (TPSA) is 80.4 Å². The molecule has 0 heterocycles. The SMILES string of the molecule is O=C(O)/C=C/c1ccc(Br)c([N+](=O)[O-])c1. The van der Waals surface area contributed by atoms with Crippen molar-refractivity contribution in [2.24, 2.45) is 0 Å². The van der Waals surface area contributed by atoms with Crippen LogP contribution in [0.25, 0.3) is 6.08 Å². The maximum Gasteiger partial charge on any atom is 0.328 e. The highest BCUT2D eigenvalue weighted by atomic mass is 79.9. The molecule has 1 aromatic carbocycles. The van der Waals surface area contributed by atoms with Crippen molar-refractivity contribution < 1.29 is 14.8 Å². The van der Waals surface area contributed by atoms with Gasteiger partial charge in [-0.3, -0.25) is 10.1 Å². The van der Waals surface area contributed by atoms with Crippen LogP contribution in [0.5, 0.6) is 0 Å². The van der Waals surface area contributed by atoms with Gasteiger partial charge in [-0.15, -0.1) is 0 Å². The van der Waals surface area contributed by atoms with Gasteiger partial charge in [0.15, 0.2) is 0 Å². The van der Waals surface area contributed by atoms with Gasteiger partial charge in [0.05, 0.1) is 9.40 Å². The summed E-state index contributed by atoms with van der Waals surface area (Å²) in [6, 6.07) is 4.37. The first kappa shape index (κ1) is 11.4. The second-order valence-electron chi connectivity index (χ2n) is 2.64. The van der Waals surface area contributed by atoms with Crippen molar-refractivity contribution in [2.75, 3.05) is 0 Å². The average Bonchev–Trinajstić information content (AvgIpc) is 2.16. The average molecular weight is 272 g/mol. The summed E-state index contributed by atoms with van der Waals surface area (Å²) in [5.41, 5.74) is 0.370. The predicted octanol–water partition coefficient (Wildman–Crippen LogP) is 2.46. The van der Waals surface area contributed by atoms with Crippen molar-refractivity contribution in [1.82, 2.24) is 0 Å². The normalized spacial score (nSPS) is 10.5. The number of carboxylic acids is 1. The van der Waals surface area contributed by atoms with E-state index in [1.807, 2.05) is 0 Å². The molecule has 0 aliphatic heterocycles. The third kappa shape index (κ3) is 3.17. The first-order valence-electron chi connectivity index (χ1n) is 3.85. The van der Waals surface area contributed by atoms with Crippen molar-refractivity contribution >= 4 is 33.7 Å². The van der Waals surface area contributed by atoms with E-state index in [1.165, 1.54) is 18.2 Å². The van der Waals surface area contributed by atoms with E-state index in [-0.39, 0.29) is 5.69 Å². The van der Waals surface area contributed by atoms with Gasteiger partial charge in [0.1, 0.15) is 0 Å². The van der Waals surface area contributed by atoms with E-state index in [9.17, 15) is 14.9 Å². The maximum absolute atomic E-state index is 10.5. The van der Waals surface area contributed by atoms with Crippen LogP contribution in [0.1, 0.15) is 5.56 Å². The van der Waals surface area contributed by atoms with Gasteiger partial charge in [-0.2, -0.15) is 0 Å². The molecule has 0 radical (unpaired) electrons. The number of hydrogen-bond donors (Lipinski definition) is 1. The molecule has 15 heavy (non-hydrogen) atoms. The summed E-state index contributed by atoms with van der Waals surface area (Å²) in [4.78, 5) is 20.2. The number of nitrogens with zero attached hydrogens (tertiary/aromatic N) is 1. The number of nitro benzene ring substituents is 1. The number of hydrogen-bond acceptors (Lipinski definition) is 3. The van der Waals surface area contributed by atoms with Crippen LogP contribution in [-0.4, -0.2) is 16.0 Å². The molecule has 0 saturated carbocycles. The molecule has 0 saturated heterocycles. The van der Waals surface area contributed by atoms with Crippen molar-refractivity contribution in [2.45, 2.75) is 0 Å². The largest absolute Gasteiger partial charge is 0.478 e. The zero-order valence-corrected chi connectivity index (χ0v) is 8.97. The molecule has 0 aliphatic carbocycles. The van der Waals surface area contributed by atoms with Crippen molar-refractivity contribution in [3.8, 4) is 0 Å². The van der Waals surface area contributed by atoms with Gasteiger partial charge in [-0.25, -0.2) is 4.79 Å². The van der Waals surface area contributed by atoms with Crippen LogP contribution in [0.2, 0.25) is 0 Å². The number of benzene rings is 1. The van der Waals surface area contributed by atoms with Crippen LogP contribution >= 0.6 is 15.9 Å². The quantitative estimate of drug-likeness (QED) is 0.520. The summed E-state index contributed by atoms with van der Waals surface area (Å²) in [5.74, 6) is -1.10. The van der Waals surface area contributed by atoms with Gasteiger partial charge in [0.2, 0.25) is 0 Å². The van der Waals surface area contributed by atoms with Gasteiger partial charge in [0.25, 0.3) is 5.69 Å². The van der Waals surface area contributed by atoms with Crippen molar-refractivity contribution in [3.63, 3.8) is 0 Å². The second-order valence-corrected chi connectivity index (χ2v) is 3.49. The Morgan fingerprint density at radius 3 is 2.73 bits per heavy atom. The lowest BCUT2D eigenvalue weighted by atomic mass is 10.2. The van der Waals surface area contributed by atoms with Gasteiger partial charge in [-0.05, 0) is 33.6 Å². The molecule has 5 nitrogen and oxygen atoms in total. The predicted molar refractivity (Wildman–Crippen MR) is 57.5 cm³/mol. The first-order chi connectivity index (χ1) is 7.00. The Morgan fingerprint density at radius 1 is 1.53 bits per heavy atom. The van der Waals surface area contributed by atoms with E-state index < -0.39 is 10.9 Å². The molecule has 0 bridgehead atoms. The smallest absolute Gasteiger partial charge is 0.328 e. The fraction of sp³-hybridized carbons (Fsp3) is 0. The molecule has 1 N–H and O–H groups in total. The molecule has 0 fully saturated rings. The monoisotopic (exact) mass is 271 g/mol. The lowest BCUT2D eigenvalue weighted by molar-refractivity contribution is -0.385. The Hall–Kier alpha value is -1.69. The van der Waals surface area contributed by atoms with Gasteiger partial charge < -0.3 is 5.11 Å². The number of rotatable bonds is 3. The molecule has 0 spiro atoms. The molecule has 0 amide bonds. The molecule has 6 heteroatoms. The number of aliphatic carboxylic acids is 1. The van der Waals surface area contributed by atoms with E-state index in [0.717, 1.165) is 6.08 Å². The summed E-state index contributed by atoms with van der Waals surface area (Å²) in [6.07, 6.45) is 2.22. The minimum absolute atomic E-state index is 0.0949. The molecule has 1 aromatic rings. The van der Waals surface area contributed by atoms with Crippen LogP contribution in [0.4, 0.5) is 5.69 Å². The maximum atomic E-state index is 10.5. The molecule has 78 valence electrons. The van der Waals surface area contributed by atoms with E-state index in [0.29, 0.717) is 10.0 Å². The van der Waals surface area contributed by atoms with Crippen LogP contribution in [0.3, 0.4) is 0 Å². The zero-order valence-electron chi connectivity index (χ0n) is 7.38. The lowest BCUT2D eigenvalue weighted by Gasteiger charge is -1.96. The Morgan fingerprint density at radius 2 is 2.20 bits per heavy atom. The van der Waals surface area contributed by atoms with E-state index in [2.05, 4.69) is 15.9 Å². The van der Waals surface area contributed by atoms with Gasteiger partial charge in [-0.1, -0.05) is 6.07 Å². The fourth-order valence-electron chi connectivity index (χ4n) is 0.941. The summed E-state index contributed by atoms with van der Waals surface area (Å²) in [7, 11) is 0. The van der Waals surface area contributed by atoms with Gasteiger partial charge in [0, 0.05) is 12.1 Å². The van der Waals surface area contributed by atoms with Crippen molar-refractivity contribution in [3.05, 3.63) is 44.4 Å². The van der Waals surface area contributed by atoms with Crippen LogP contribution in [-0.2, 0) is 4.79 Å². The van der Waals surface area contributed by atoms with E-state index in [4.69, 9.17) is 5.11 Å². The molecule has 0 unspecified atom stereocenters. The Bertz CT molecular complexity index is 442. The van der Waals surface area contributed by atoms with E-state index in [1.54, 1.807) is 6.07 Å². The first-order valence-corrected chi connectivity index (χ1v) is 4.65. The van der Waals surface area contributed by atoms with Crippen molar-refractivity contribution in [1.29, 1.82) is 0 Å². The molecular formula is C9H6BrNO4.